The lowest BCUT2D eigenvalue weighted by Crippen LogP contribution is -2.23. The summed E-state index contributed by atoms with van der Waals surface area (Å²) in [6, 6.07) is 0. The monoisotopic (exact) mass is 315 g/mol. The largest absolute Gasteiger partial charge is 0.396 e. The molecular weight excluding hydrogens is 294 g/mol. The van der Waals surface area contributed by atoms with Crippen LogP contribution in [0.4, 0.5) is 0 Å². The molecule has 1 aliphatic heterocycles. The van der Waals surface area contributed by atoms with Crippen LogP contribution in [-0.4, -0.2) is 39.5 Å². The van der Waals surface area contributed by atoms with Gasteiger partial charge in [-0.05, 0) is 48.2 Å². The zero-order valence-corrected chi connectivity index (χ0v) is 12.8. The van der Waals surface area contributed by atoms with Crippen LogP contribution < -0.4 is 0 Å². The van der Waals surface area contributed by atoms with Crippen molar-refractivity contribution in [2.24, 2.45) is 5.92 Å². The predicted molar refractivity (Wildman–Crippen MR) is 75.4 cm³/mol. The first-order chi connectivity index (χ1) is 8.69. The van der Waals surface area contributed by atoms with Gasteiger partial charge in [-0.15, -0.1) is 0 Å². The first-order valence-corrected chi connectivity index (χ1v) is 7.56. The SMILES string of the molecule is CCc1nn(CC)c(CN2CCC(CO)C2)c1Br. The van der Waals surface area contributed by atoms with Crippen LogP contribution in [0.5, 0.6) is 0 Å². The van der Waals surface area contributed by atoms with Crippen LogP contribution in [0.2, 0.25) is 0 Å². The van der Waals surface area contributed by atoms with E-state index in [0.717, 1.165) is 44.7 Å². The maximum absolute atomic E-state index is 9.19. The number of aromatic nitrogens is 2. The number of aryl methyl sites for hydroxylation is 2. The van der Waals surface area contributed by atoms with Crippen molar-refractivity contribution in [2.45, 2.75) is 39.8 Å². The zero-order chi connectivity index (χ0) is 13.1. The van der Waals surface area contributed by atoms with Crippen molar-refractivity contribution in [2.75, 3.05) is 19.7 Å². The second-order valence-corrected chi connectivity index (χ2v) is 5.74. The van der Waals surface area contributed by atoms with Gasteiger partial charge in [-0.25, -0.2) is 0 Å². The summed E-state index contributed by atoms with van der Waals surface area (Å²) in [5, 5.41) is 13.8. The van der Waals surface area contributed by atoms with Crippen molar-refractivity contribution in [3.05, 3.63) is 15.9 Å². The molecule has 0 aliphatic carbocycles. The number of likely N-dealkylation sites (tertiary alicyclic amines) is 1. The van der Waals surface area contributed by atoms with E-state index >= 15 is 0 Å². The average molecular weight is 316 g/mol. The molecule has 1 aromatic rings. The summed E-state index contributed by atoms with van der Waals surface area (Å²) in [6.07, 6.45) is 2.06. The molecule has 1 atom stereocenters. The lowest BCUT2D eigenvalue weighted by Gasteiger charge is -2.16. The zero-order valence-electron chi connectivity index (χ0n) is 11.2. The molecule has 1 aromatic heterocycles. The van der Waals surface area contributed by atoms with Crippen LogP contribution in [0.3, 0.4) is 0 Å². The molecule has 5 heteroatoms. The first kappa shape index (κ1) is 14.0. The highest BCUT2D eigenvalue weighted by Crippen LogP contribution is 2.26. The van der Waals surface area contributed by atoms with Gasteiger partial charge in [0.05, 0.1) is 15.9 Å². The third-order valence-corrected chi connectivity index (χ3v) is 4.61. The highest BCUT2D eigenvalue weighted by molar-refractivity contribution is 9.10. The molecule has 0 saturated carbocycles. The van der Waals surface area contributed by atoms with Gasteiger partial charge >= 0.3 is 0 Å². The van der Waals surface area contributed by atoms with Gasteiger partial charge in [0.25, 0.3) is 0 Å². The van der Waals surface area contributed by atoms with E-state index in [1.54, 1.807) is 0 Å². The van der Waals surface area contributed by atoms with Gasteiger partial charge in [-0.2, -0.15) is 5.10 Å². The highest BCUT2D eigenvalue weighted by Gasteiger charge is 2.24. The Kier molecular flexibility index (Phi) is 4.81. The Morgan fingerprint density at radius 1 is 1.44 bits per heavy atom. The number of hydrogen-bond donors (Lipinski definition) is 1. The summed E-state index contributed by atoms with van der Waals surface area (Å²) in [4.78, 5) is 2.41. The van der Waals surface area contributed by atoms with Gasteiger partial charge < -0.3 is 5.11 Å². The number of nitrogens with zero attached hydrogens (tertiary/aromatic N) is 3. The Bertz CT molecular complexity index is 405. The van der Waals surface area contributed by atoms with Gasteiger partial charge in [0.2, 0.25) is 0 Å². The molecule has 1 unspecified atom stereocenters. The average Bonchev–Trinajstić information content (AvgIpc) is 2.96. The number of halogens is 1. The molecule has 4 nitrogen and oxygen atoms in total. The molecule has 102 valence electrons. The second kappa shape index (κ2) is 6.17. The fraction of sp³-hybridized carbons (Fsp3) is 0.769. The maximum Gasteiger partial charge on any atom is 0.0767 e. The highest BCUT2D eigenvalue weighted by atomic mass is 79.9. The molecule has 2 heterocycles. The topological polar surface area (TPSA) is 41.3 Å². The molecule has 18 heavy (non-hydrogen) atoms. The van der Waals surface area contributed by atoms with E-state index in [-0.39, 0.29) is 0 Å². The Balaban J connectivity index is 2.11. The summed E-state index contributed by atoms with van der Waals surface area (Å²) in [7, 11) is 0. The third kappa shape index (κ3) is 2.78. The second-order valence-electron chi connectivity index (χ2n) is 4.95. The standard InChI is InChI=1S/C13H22BrN3O/c1-3-11-13(14)12(17(4-2)15-11)8-16-6-5-10(7-16)9-18/h10,18H,3-9H2,1-2H3. The fourth-order valence-corrected chi connectivity index (χ4v) is 3.28. The van der Waals surface area contributed by atoms with E-state index in [4.69, 9.17) is 0 Å². The molecule has 0 spiro atoms. The molecule has 1 saturated heterocycles. The Labute approximate surface area is 117 Å². The minimum atomic E-state index is 0.310. The summed E-state index contributed by atoms with van der Waals surface area (Å²) < 4.78 is 3.26. The van der Waals surface area contributed by atoms with Gasteiger partial charge in [-0.3, -0.25) is 9.58 Å². The van der Waals surface area contributed by atoms with E-state index in [9.17, 15) is 5.11 Å². The van der Waals surface area contributed by atoms with E-state index < -0.39 is 0 Å². The molecule has 0 amide bonds. The molecular formula is C13H22BrN3O. The molecule has 1 aliphatic rings. The van der Waals surface area contributed by atoms with Gasteiger partial charge in [0, 0.05) is 26.2 Å². The van der Waals surface area contributed by atoms with Crippen molar-refractivity contribution in [3.8, 4) is 0 Å². The van der Waals surface area contributed by atoms with Crippen LogP contribution in [0.25, 0.3) is 0 Å². The van der Waals surface area contributed by atoms with Crippen LogP contribution in [-0.2, 0) is 19.5 Å². The smallest absolute Gasteiger partial charge is 0.0767 e. The van der Waals surface area contributed by atoms with E-state index in [1.165, 1.54) is 10.2 Å². The summed E-state index contributed by atoms with van der Waals surface area (Å²) in [6.45, 7) is 8.48. The van der Waals surface area contributed by atoms with E-state index in [2.05, 4.69) is 44.5 Å². The lowest BCUT2D eigenvalue weighted by atomic mass is 10.1. The van der Waals surface area contributed by atoms with E-state index in [1.807, 2.05) is 0 Å². The molecule has 0 radical (unpaired) electrons. The van der Waals surface area contributed by atoms with Crippen molar-refractivity contribution in [1.29, 1.82) is 0 Å². The minimum Gasteiger partial charge on any atom is -0.396 e. The molecule has 1 N–H and O–H groups in total. The molecule has 2 rings (SSSR count). The first-order valence-electron chi connectivity index (χ1n) is 6.76. The maximum atomic E-state index is 9.19. The fourth-order valence-electron chi connectivity index (χ4n) is 2.59. The number of hydrogen-bond acceptors (Lipinski definition) is 3. The Morgan fingerprint density at radius 3 is 2.78 bits per heavy atom. The van der Waals surface area contributed by atoms with Gasteiger partial charge in [0.1, 0.15) is 0 Å². The van der Waals surface area contributed by atoms with Crippen LogP contribution in [0.15, 0.2) is 4.47 Å². The normalized spacial score (nSPS) is 20.8. The van der Waals surface area contributed by atoms with Crippen LogP contribution >= 0.6 is 15.9 Å². The number of rotatable bonds is 5. The summed E-state index contributed by atoms with van der Waals surface area (Å²) in [5.41, 5.74) is 2.41. The Hall–Kier alpha value is -0.390. The lowest BCUT2D eigenvalue weighted by molar-refractivity contribution is 0.218. The number of aliphatic hydroxyl groups is 1. The van der Waals surface area contributed by atoms with Crippen LogP contribution in [0.1, 0.15) is 31.7 Å². The molecule has 0 aromatic carbocycles. The van der Waals surface area contributed by atoms with E-state index in [0.29, 0.717) is 12.5 Å². The summed E-state index contributed by atoms with van der Waals surface area (Å²) in [5.74, 6) is 0.451. The molecule has 1 fully saturated rings. The third-order valence-electron chi connectivity index (χ3n) is 3.70. The predicted octanol–water partition coefficient (Wildman–Crippen LogP) is 2.04. The van der Waals surface area contributed by atoms with Crippen molar-refractivity contribution in [1.82, 2.24) is 14.7 Å². The van der Waals surface area contributed by atoms with Crippen LogP contribution in [0, 0.1) is 5.92 Å². The minimum absolute atomic E-state index is 0.310. The van der Waals surface area contributed by atoms with Crippen molar-refractivity contribution < 1.29 is 5.11 Å². The molecule has 0 bridgehead atoms. The number of aliphatic hydroxyl groups excluding tert-OH is 1. The van der Waals surface area contributed by atoms with Crippen molar-refractivity contribution >= 4 is 15.9 Å². The quantitative estimate of drug-likeness (QED) is 0.904. The van der Waals surface area contributed by atoms with Gasteiger partial charge in [-0.1, -0.05) is 6.92 Å². The summed E-state index contributed by atoms with van der Waals surface area (Å²) >= 11 is 3.68. The Morgan fingerprint density at radius 2 is 2.22 bits per heavy atom. The van der Waals surface area contributed by atoms with Crippen molar-refractivity contribution in [3.63, 3.8) is 0 Å². The van der Waals surface area contributed by atoms with Gasteiger partial charge in [0.15, 0.2) is 0 Å².